The molecule has 1 fully saturated rings. The summed E-state index contributed by atoms with van der Waals surface area (Å²) in [5.41, 5.74) is 2.11. The van der Waals surface area contributed by atoms with E-state index in [4.69, 9.17) is 4.74 Å². The van der Waals surface area contributed by atoms with Crippen molar-refractivity contribution < 1.29 is 9.84 Å². The van der Waals surface area contributed by atoms with Crippen molar-refractivity contribution in [3.8, 4) is 5.75 Å². The number of hydrogen-bond acceptors (Lipinski definition) is 4. The van der Waals surface area contributed by atoms with Crippen LogP contribution in [-0.4, -0.2) is 54.2 Å². The van der Waals surface area contributed by atoms with Crippen molar-refractivity contribution in [1.29, 1.82) is 0 Å². The molecule has 0 aliphatic carbocycles. The molecule has 0 unspecified atom stereocenters. The van der Waals surface area contributed by atoms with Crippen LogP contribution in [0.3, 0.4) is 0 Å². The van der Waals surface area contributed by atoms with Crippen LogP contribution in [0.5, 0.6) is 5.75 Å². The second-order valence-electron chi connectivity index (χ2n) is 5.71. The summed E-state index contributed by atoms with van der Waals surface area (Å²) < 4.78 is 5.43. The van der Waals surface area contributed by atoms with Crippen molar-refractivity contribution >= 4 is 0 Å². The van der Waals surface area contributed by atoms with Crippen molar-refractivity contribution in [3.63, 3.8) is 0 Å². The van der Waals surface area contributed by atoms with Crippen LogP contribution in [-0.2, 0) is 13.2 Å². The highest BCUT2D eigenvalue weighted by molar-refractivity contribution is 5.37. The maximum Gasteiger partial charge on any atom is 0.123 e. The lowest BCUT2D eigenvalue weighted by Crippen LogP contribution is -2.48. The molecule has 0 aromatic heterocycles. The van der Waals surface area contributed by atoms with Gasteiger partial charge in [0.05, 0.1) is 13.7 Å². The van der Waals surface area contributed by atoms with Crippen LogP contribution in [0, 0.1) is 0 Å². The van der Waals surface area contributed by atoms with Gasteiger partial charge in [-0.3, -0.25) is 9.80 Å². The summed E-state index contributed by atoms with van der Waals surface area (Å²) in [5.74, 6) is 0.911. The molecule has 1 aliphatic heterocycles. The lowest BCUT2D eigenvalue weighted by molar-refractivity contribution is 0.103. The van der Waals surface area contributed by atoms with Crippen molar-refractivity contribution in [2.75, 3.05) is 33.3 Å². The van der Waals surface area contributed by atoms with Gasteiger partial charge >= 0.3 is 0 Å². The van der Waals surface area contributed by atoms with E-state index in [9.17, 15) is 5.11 Å². The molecule has 112 valence electrons. The summed E-state index contributed by atoms with van der Waals surface area (Å²) in [6.45, 7) is 9.91. The van der Waals surface area contributed by atoms with Crippen LogP contribution in [0.4, 0.5) is 0 Å². The van der Waals surface area contributed by atoms with Crippen LogP contribution in [0.25, 0.3) is 0 Å². The standard InChI is InChI=1S/C16H26N2O2/c1-13(2)18-8-6-17(7-9-18)11-15-10-14(12-19)4-5-16(15)20-3/h4-5,10,13,19H,6-9,11-12H2,1-3H3. The minimum atomic E-state index is 0.0815. The molecular weight excluding hydrogens is 252 g/mol. The van der Waals surface area contributed by atoms with Gasteiger partial charge in [-0.1, -0.05) is 6.07 Å². The predicted octanol–water partition coefficient (Wildman–Crippen LogP) is 1.71. The number of methoxy groups -OCH3 is 1. The minimum Gasteiger partial charge on any atom is -0.496 e. The molecule has 0 atom stereocenters. The Kier molecular flexibility index (Phi) is 5.40. The third-order valence-electron chi connectivity index (χ3n) is 4.06. The van der Waals surface area contributed by atoms with Crippen LogP contribution in [0.1, 0.15) is 25.0 Å². The van der Waals surface area contributed by atoms with E-state index in [0.717, 1.165) is 49.6 Å². The molecule has 2 rings (SSSR count). The average Bonchev–Trinajstić information content (AvgIpc) is 2.47. The van der Waals surface area contributed by atoms with E-state index in [-0.39, 0.29) is 6.61 Å². The number of rotatable bonds is 5. The molecule has 1 aromatic rings. The maximum absolute atomic E-state index is 9.27. The van der Waals surface area contributed by atoms with E-state index in [1.54, 1.807) is 7.11 Å². The topological polar surface area (TPSA) is 35.9 Å². The van der Waals surface area contributed by atoms with E-state index in [2.05, 4.69) is 23.6 Å². The van der Waals surface area contributed by atoms with Crippen molar-refractivity contribution in [2.24, 2.45) is 0 Å². The molecule has 1 saturated heterocycles. The number of hydrogen-bond donors (Lipinski definition) is 1. The third kappa shape index (κ3) is 3.72. The van der Waals surface area contributed by atoms with Gasteiger partial charge in [-0.2, -0.15) is 0 Å². The Morgan fingerprint density at radius 1 is 1.20 bits per heavy atom. The van der Waals surface area contributed by atoms with E-state index < -0.39 is 0 Å². The highest BCUT2D eigenvalue weighted by atomic mass is 16.5. The lowest BCUT2D eigenvalue weighted by atomic mass is 10.1. The third-order valence-corrected chi connectivity index (χ3v) is 4.06. The number of benzene rings is 1. The molecule has 20 heavy (non-hydrogen) atoms. The summed E-state index contributed by atoms with van der Waals surface area (Å²) in [7, 11) is 1.70. The summed E-state index contributed by atoms with van der Waals surface area (Å²) in [4.78, 5) is 4.97. The SMILES string of the molecule is COc1ccc(CO)cc1CN1CCN(C(C)C)CC1. The zero-order chi connectivity index (χ0) is 14.5. The van der Waals surface area contributed by atoms with Crippen LogP contribution in [0.2, 0.25) is 0 Å². The van der Waals surface area contributed by atoms with Gasteiger partial charge < -0.3 is 9.84 Å². The number of aliphatic hydroxyl groups is 1. The van der Waals surface area contributed by atoms with Gasteiger partial charge in [0.25, 0.3) is 0 Å². The molecule has 0 bridgehead atoms. The van der Waals surface area contributed by atoms with Gasteiger partial charge in [-0.25, -0.2) is 0 Å². The Morgan fingerprint density at radius 2 is 1.90 bits per heavy atom. The minimum absolute atomic E-state index is 0.0815. The fourth-order valence-electron chi connectivity index (χ4n) is 2.73. The van der Waals surface area contributed by atoms with E-state index in [1.165, 1.54) is 0 Å². The Hall–Kier alpha value is -1.10. The van der Waals surface area contributed by atoms with Gasteiger partial charge in [-0.15, -0.1) is 0 Å². The van der Waals surface area contributed by atoms with E-state index >= 15 is 0 Å². The number of nitrogens with zero attached hydrogens (tertiary/aromatic N) is 2. The quantitative estimate of drug-likeness (QED) is 0.889. The molecule has 1 aromatic carbocycles. The van der Waals surface area contributed by atoms with Crippen LogP contribution < -0.4 is 4.74 Å². The normalized spacial score (nSPS) is 17.6. The summed E-state index contributed by atoms with van der Waals surface area (Å²) >= 11 is 0. The number of ether oxygens (including phenoxy) is 1. The Morgan fingerprint density at radius 3 is 2.45 bits per heavy atom. The van der Waals surface area contributed by atoms with Crippen molar-refractivity contribution in [1.82, 2.24) is 9.80 Å². The molecule has 0 amide bonds. The smallest absolute Gasteiger partial charge is 0.123 e. The van der Waals surface area contributed by atoms with E-state index in [0.29, 0.717) is 6.04 Å². The molecule has 1 aliphatic rings. The van der Waals surface area contributed by atoms with Crippen molar-refractivity contribution in [3.05, 3.63) is 29.3 Å². The van der Waals surface area contributed by atoms with Gasteiger partial charge in [-0.05, 0) is 31.5 Å². The monoisotopic (exact) mass is 278 g/mol. The first-order valence-electron chi connectivity index (χ1n) is 7.37. The second-order valence-corrected chi connectivity index (χ2v) is 5.71. The number of piperazine rings is 1. The zero-order valence-electron chi connectivity index (χ0n) is 12.8. The summed E-state index contributed by atoms with van der Waals surface area (Å²) in [5, 5.41) is 9.27. The molecule has 4 heteroatoms. The highest BCUT2D eigenvalue weighted by Crippen LogP contribution is 2.22. The fourth-order valence-corrected chi connectivity index (χ4v) is 2.73. The second kappa shape index (κ2) is 7.07. The van der Waals surface area contributed by atoms with Gasteiger partial charge in [0.15, 0.2) is 0 Å². The molecule has 1 heterocycles. The van der Waals surface area contributed by atoms with Gasteiger partial charge in [0.2, 0.25) is 0 Å². The van der Waals surface area contributed by atoms with Gasteiger partial charge in [0, 0.05) is 44.3 Å². The summed E-state index contributed by atoms with van der Waals surface area (Å²) in [6.07, 6.45) is 0. The van der Waals surface area contributed by atoms with Crippen LogP contribution >= 0.6 is 0 Å². The molecular formula is C16H26N2O2. The molecule has 0 spiro atoms. The number of aliphatic hydroxyl groups excluding tert-OH is 1. The highest BCUT2D eigenvalue weighted by Gasteiger charge is 2.19. The first-order valence-corrected chi connectivity index (χ1v) is 7.37. The first-order chi connectivity index (χ1) is 9.63. The van der Waals surface area contributed by atoms with Gasteiger partial charge in [0.1, 0.15) is 5.75 Å². The predicted molar refractivity (Wildman–Crippen MR) is 80.9 cm³/mol. The largest absolute Gasteiger partial charge is 0.496 e. The molecule has 0 radical (unpaired) electrons. The molecule has 4 nitrogen and oxygen atoms in total. The Labute approximate surface area is 122 Å². The Bertz CT molecular complexity index is 426. The molecule has 0 saturated carbocycles. The Balaban J connectivity index is 2.00. The summed E-state index contributed by atoms with van der Waals surface area (Å²) in [6, 6.07) is 6.54. The fraction of sp³-hybridized carbons (Fsp3) is 0.625. The average molecular weight is 278 g/mol. The molecule has 1 N–H and O–H groups in total. The van der Waals surface area contributed by atoms with Crippen LogP contribution in [0.15, 0.2) is 18.2 Å². The first kappa shape index (κ1) is 15.3. The lowest BCUT2D eigenvalue weighted by Gasteiger charge is -2.37. The zero-order valence-corrected chi connectivity index (χ0v) is 12.8. The van der Waals surface area contributed by atoms with E-state index in [1.807, 2.05) is 18.2 Å². The maximum atomic E-state index is 9.27. The van der Waals surface area contributed by atoms with Crippen molar-refractivity contribution in [2.45, 2.75) is 33.0 Å².